The molecule has 4 rings (SSSR count). The van der Waals surface area contributed by atoms with Crippen LogP contribution >= 0.6 is 0 Å². The van der Waals surface area contributed by atoms with Crippen LogP contribution in [0.5, 0.6) is 0 Å². The Morgan fingerprint density at radius 1 is 1.13 bits per heavy atom. The number of nitrogens with zero attached hydrogens (tertiary/aromatic N) is 4. The van der Waals surface area contributed by atoms with E-state index in [1.54, 1.807) is 29.5 Å². The minimum Gasteiger partial charge on any atom is -0.444 e. The highest BCUT2D eigenvalue weighted by Crippen LogP contribution is 2.21. The van der Waals surface area contributed by atoms with E-state index in [0.717, 1.165) is 25.7 Å². The van der Waals surface area contributed by atoms with Crippen LogP contribution in [0.25, 0.3) is 17.0 Å². The number of fused-ring (bicyclic) bond motifs is 1. The predicted octanol–water partition coefficient (Wildman–Crippen LogP) is 2.71. The predicted molar refractivity (Wildman–Crippen MR) is 114 cm³/mol. The summed E-state index contributed by atoms with van der Waals surface area (Å²) in [5.74, 6) is 0.139. The molecule has 0 aromatic carbocycles. The van der Waals surface area contributed by atoms with Crippen molar-refractivity contribution in [3.63, 3.8) is 0 Å². The maximum absolute atomic E-state index is 13.0. The van der Waals surface area contributed by atoms with Gasteiger partial charge in [-0.25, -0.2) is 19.7 Å². The Hall–Kier alpha value is -3.43. The number of imidazole rings is 1. The fraction of sp³-hybridized carbons (Fsp3) is 0.476. The van der Waals surface area contributed by atoms with Crippen molar-refractivity contribution in [2.24, 2.45) is 0 Å². The summed E-state index contributed by atoms with van der Waals surface area (Å²) in [7, 11) is 0. The van der Waals surface area contributed by atoms with Crippen molar-refractivity contribution in [3.05, 3.63) is 36.7 Å². The lowest BCUT2D eigenvalue weighted by atomic mass is 9.91. The van der Waals surface area contributed by atoms with E-state index in [9.17, 15) is 9.59 Å². The molecule has 0 radical (unpaired) electrons. The van der Waals surface area contributed by atoms with Crippen molar-refractivity contribution in [1.82, 2.24) is 35.1 Å². The average Bonchev–Trinajstić information content (AvgIpc) is 3.39. The van der Waals surface area contributed by atoms with Crippen LogP contribution in [0.2, 0.25) is 0 Å². The Morgan fingerprint density at radius 3 is 2.48 bits per heavy atom. The molecular formula is C21H27N7O3. The SMILES string of the molecule is CC(C)(C)OC(=O)N[C@H]1CC[C@H](NC(=O)c2nc(-n3ccnc3)nc3cc[nH]c23)CC1. The molecule has 164 valence electrons. The van der Waals surface area contributed by atoms with Crippen molar-refractivity contribution < 1.29 is 14.3 Å². The molecule has 10 heteroatoms. The number of alkyl carbamates (subject to hydrolysis) is 1. The van der Waals surface area contributed by atoms with E-state index in [0.29, 0.717) is 22.7 Å². The second kappa shape index (κ2) is 8.37. The summed E-state index contributed by atoms with van der Waals surface area (Å²) in [5, 5.41) is 6.00. The fourth-order valence-corrected chi connectivity index (χ4v) is 3.70. The topological polar surface area (TPSA) is 127 Å². The highest BCUT2D eigenvalue weighted by Gasteiger charge is 2.27. The van der Waals surface area contributed by atoms with Gasteiger partial charge in [0.2, 0.25) is 5.95 Å². The zero-order chi connectivity index (χ0) is 22.0. The quantitative estimate of drug-likeness (QED) is 0.590. The number of aromatic nitrogens is 5. The molecule has 2 amide bonds. The van der Waals surface area contributed by atoms with Gasteiger partial charge in [0.15, 0.2) is 5.69 Å². The summed E-state index contributed by atoms with van der Waals surface area (Å²) in [6, 6.07) is 1.87. The van der Waals surface area contributed by atoms with Gasteiger partial charge in [-0.3, -0.25) is 9.36 Å². The van der Waals surface area contributed by atoms with E-state index >= 15 is 0 Å². The molecule has 0 aliphatic heterocycles. The number of hydrogen-bond acceptors (Lipinski definition) is 6. The van der Waals surface area contributed by atoms with Gasteiger partial charge >= 0.3 is 6.09 Å². The van der Waals surface area contributed by atoms with Crippen LogP contribution in [0.3, 0.4) is 0 Å². The van der Waals surface area contributed by atoms with Crippen LogP contribution in [0, 0.1) is 0 Å². The third-order valence-electron chi connectivity index (χ3n) is 5.13. The highest BCUT2D eigenvalue weighted by atomic mass is 16.6. The second-order valence-corrected chi connectivity index (χ2v) is 8.75. The maximum atomic E-state index is 13.0. The third-order valence-corrected chi connectivity index (χ3v) is 5.13. The summed E-state index contributed by atoms with van der Waals surface area (Å²) in [6.45, 7) is 5.52. The number of aromatic amines is 1. The largest absolute Gasteiger partial charge is 0.444 e. The molecule has 3 aromatic heterocycles. The summed E-state index contributed by atoms with van der Waals surface area (Å²) in [4.78, 5) is 41.0. The summed E-state index contributed by atoms with van der Waals surface area (Å²) in [6.07, 6.45) is 9.36. The van der Waals surface area contributed by atoms with Gasteiger partial charge in [0.1, 0.15) is 11.9 Å². The summed E-state index contributed by atoms with van der Waals surface area (Å²) >= 11 is 0. The van der Waals surface area contributed by atoms with Crippen molar-refractivity contribution in [1.29, 1.82) is 0 Å². The number of carbonyl (C=O) groups is 2. The lowest BCUT2D eigenvalue weighted by Crippen LogP contribution is -2.45. The lowest BCUT2D eigenvalue weighted by molar-refractivity contribution is 0.0488. The van der Waals surface area contributed by atoms with Crippen LogP contribution < -0.4 is 10.6 Å². The van der Waals surface area contributed by atoms with Crippen LogP contribution in [0.1, 0.15) is 56.9 Å². The molecule has 3 heterocycles. The van der Waals surface area contributed by atoms with Crippen LogP contribution in [-0.2, 0) is 4.74 Å². The molecule has 3 N–H and O–H groups in total. The van der Waals surface area contributed by atoms with Gasteiger partial charge in [-0.2, -0.15) is 0 Å². The first-order valence-corrected chi connectivity index (χ1v) is 10.4. The van der Waals surface area contributed by atoms with Gasteiger partial charge in [-0.05, 0) is 52.5 Å². The molecule has 0 spiro atoms. The van der Waals surface area contributed by atoms with E-state index in [1.807, 2.05) is 26.8 Å². The van der Waals surface area contributed by atoms with Crippen molar-refractivity contribution in [2.75, 3.05) is 0 Å². The Morgan fingerprint density at radius 2 is 1.84 bits per heavy atom. The number of carbonyl (C=O) groups excluding carboxylic acids is 2. The molecule has 0 unspecified atom stereocenters. The van der Waals surface area contributed by atoms with Gasteiger partial charge in [0.05, 0.1) is 11.0 Å². The molecule has 0 saturated heterocycles. The minimum absolute atomic E-state index is 0.0147. The van der Waals surface area contributed by atoms with Gasteiger partial charge in [-0.15, -0.1) is 0 Å². The maximum Gasteiger partial charge on any atom is 0.407 e. The van der Waals surface area contributed by atoms with Crippen LogP contribution in [-0.4, -0.2) is 54.2 Å². The Balaban J connectivity index is 1.39. The molecule has 31 heavy (non-hydrogen) atoms. The standard InChI is InChI=1S/C21H27N7O3/c1-21(2,3)31-20(30)25-14-6-4-13(5-7-14)24-18(29)17-16-15(8-9-23-16)26-19(27-17)28-11-10-22-12-28/h8-14,23H,4-7H2,1-3H3,(H,24,29)(H,25,30)/t13-,14-. The normalized spacial score (nSPS) is 19.2. The summed E-state index contributed by atoms with van der Waals surface area (Å²) in [5.41, 5.74) is 1.04. The zero-order valence-corrected chi connectivity index (χ0v) is 17.9. The molecule has 10 nitrogen and oxygen atoms in total. The van der Waals surface area contributed by atoms with Gasteiger partial charge in [0.25, 0.3) is 5.91 Å². The van der Waals surface area contributed by atoms with Crippen molar-refractivity contribution in [2.45, 2.75) is 64.1 Å². The smallest absolute Gasteiger partial charge is 0.407 e. The Labute approximate surface area is 179 Å². The average molecular weight is 425 g/mol. The molecule has 1 aliphatic carbocycles. The first-order chi connectivity index (χ1) is 14.8. The monoisotopic (exact) mass is 425 g/mol. The van der Waals surface area contributed by atoms with Gasteiger partial charge < -0.3 is 20.4 Å². The number of nitrogens with one attached hydrogen (secondary N) is 3. The molecule has 0 atom stereocenters. The van der Waals surface area contributed by atoms with Gasteiger partial charge in [-0.1, -0.05) is 0 Å². The number of rotatable bonds is 4. The van der Waals surface area contributed by atoms with Gasteiger partial charge in [0, 0.05) is 30.7 Å². The number of H-pyrrole nitrogens is 1. The molecule has 0 bridgehead atoms. The van der Waals surface area contributed by atoms with E-state index in [2.05, 4.69) is 30.6 Å². The van der Waals surface area contributed by atoms with Crippen LogP contribution in [0.15, 0.2) is 31.0 Å². The molecule has 1 aliphatic rings. The first kappa shape index (κ1) is 20.8. The van der Waals surface area contributed by atoms with E-state index in [-0.39, 0.29) is 18.0 Å². The van der Waals surface area contributed by atoms with E-state index in [1.165, 1.54) is 0 Å². The van der Waals surface area contributed by atoms with E-state index < -0.39 is 11.7 Å². The number of hydrogen-bond donors (Lipinski definition) is 3. The summed E-state index contributed by atoms with van der Waals surface area (Å²) < 4.78 is 6.98. The van der Waals surface area contributed by atoms with Crippen molar-refractivity contribution >= 4 is 23.0 Å². The van der Waals surface area contributed by atoms with Crippen molar-refractivity contribution in [3.8, 4) is 5.95 Å². The molecule has 1 saturated carbocycles. The van der Waals surface area contributed by atoms with Crippen LogP contribution in [0.4, 0.5) is 4.79 Å². The molecular weight excluding hydrogens is 398 g/mol. The minimum atomic E-state index is -0.522. The highest BCUT2D eigenvalue weighted by molar-refractivity contribution is 6.03. The zero-order valence-electron chi connectivity index (χ0n) is 17.9. The second-order valence-electron chi connectivity index (χ2n) is 8.75. The lowest BCUT2D eigenvalue weighted by Gasteiger charge is -2.30. The number of ether oxygens (including phenoxy) is 1. The first-order valence-electron chi connectivity index (χ1n) is 10.4. The fourth-order valence-electron chi connectivity index (χ4n) is 3.70. The van der Waals surface area contributed by atoms with E-state index in [4.69, 9.17) is 4.74 Å². The Bertz CT molecular complexity index is 1060. The number of amides is 2. The third kappa shape index (κ3) is 5.01. The molecule has 1 fully saturated rings. The Kier molecular flexibility index (Phi) is 5.62. The molecule has 3 aromatic rings.